The summed E-state index contributed by atoms with van der Waals surface area (Å²) < 4.78 is 18.3. The number of nitrogens with one attached hydrogen (secondary N) is 2. The number of aromatic nitrogens is 3. The van der Waals surface area contributed by atoms with E-state index in [1.54, 1.807) is 23.4 Å². The van der Waals surface area contributed by atoms with Crippen molar-refractivity contribution in [2.75, 3.05) is 56.3 Å². The molecule has 39 heavy (non-hydrogen) atoms. The smallest absolute Gasteiger partial charge is 0.405 e. The van der Waals surface area contributed by atoms with Gasteiger partial charge in [0.25, 0.3) is 11.8 Å². The van der Waals surface area contributed by atoms with E-state index in [1.807, 2.05) is 12.1 Å². The Balaban J connectivity index is 1.22. The van der Waals surface area contributed by atoms with E-state index in [-0.39, 0.29) is 31.6 Å². The fourth-order valence-corrected chi connectivity index (χ4v) is 4.99. The summed E-state index contributed by atoms with van der Waals surface area (Å²) in [4.78, 5) is 45.5. The van der Waals surface area contributed by atoms with Crippen molar-refractivity contribution in [2.24, 2.45) is 0 Å². The minimum absolute atomic E-state index is 0.154. The molecule has 5 heterocycles. The first-order valence-corrected chi connectivity index (χ1v) is 12.6. The lowest BCUT2D eigenvalue weighted by atomic mass is 10.1. The zero-order chi connectivity index (χ0) is 26.9. The number of fused-ring (bicyclic) bond motifs is 2. The Morgan fingerprint density at radius 1 is 1.15 bits per heavy atom. The number of hydrogen-bond acceptors (Lipinski definition) is 9. The third-order valence-electron chi connectivity index (χ3n) is 6.89. The number of morpholine rings is 1. The van der Waals surface area contributed by atoms with Gasteiger partial charge in [-0.1, -0.05) is 0 Å². The van der Waals surface area contributed by atoms with Crippen molar-refractivity contribution in [3.63, 3.8) is 0 Å². The van der Waals surface area contributed by atoms with E-state index in [0.717, 1.165) is 11.3 Å². The molecular weight excluding hydrogens is 510 g/mol. The van der Waals surface area contributed by atoms with Crippen LogP contribution in [0.1, 0.15) is 26.3 Å². The Morgan fingerprint density at radius 3 is 2.72 bits per heavy atom. The lowest BCUT2D eigenvalue weighted by Gasteiger charge is -2.31. The first-order chi connectivity index (χ1) is 19.0. The standard InChI is InChI=1S/C25H27N7O7/c33-23(18-10-27-32-3-1-2-26-22(18)32)29-19-8-15-11-31(12-21-38-13-16(14-39-21)28-25(35)36)24(34)17(15)9-20(19)30-4-6-37-7-5-30/h1-3,8-10,16,21,28H,4-7,11-14H2,(H,29,33)(H,35,36)/t16-,21+. The van der Waals surface area contributed by atoms with Crippen molar-refractivity contribution in [3.05, 3.63) is 53.5 Å². The van der Waals surface area contributed by atoms with E-state index in [4.69, 9.17) is 19.3 Å². The molecule has 0 saturated carbocycles. The molecule has 0 atom stereocenters. The summed E-state index contributed by atoms with van der Waals surface area (Å²) in [5, 5.41) is 18.4. The van der Waals surface area contributed by atoms with Gasteiger partial charge in [0.2, 0.25) is 0 Å². The normalized spacial score (nSPS) is 21.2. The molecule has 14 heteroatoms. The molecule has 2 saturated heterocycles. The van der Waals surface area contributed by atoms with E-state index >= 15 is 0 Å². The Labute approximate surface area is 222 Å². The number of carbonyl (C=O) groups excluding carboxylic acids is 2. The van der Waals surface area contributed by atoms with Gasteiger partial charge in [-0.15, -0.1) is 0 Å². The van der Waals surface area contributed by atoms with Gasteiger partial charge in [0, 0.05) is 37.6 Å². The van der Waals surface area contributed by atoms with Gasteiger partial charge >= 0.3 is 6.09 Å². The van der Waals surface area contributed by atoms with Crippen molar-refractivity contribution in [1.29, 1.82) is 0 Å². The molecule has 0 aliphatic carbocycles. The second-order valence-corrected chi connectivity index (χ2v) is 9.45. The third kappa shape index (κ3) is 5.08. The Hall–Kier alpha value is -4.27. The zero-order valence-corrected chi connectivity index (χ0v) is 20.9. The Bertz CT molecular complexity index is 1410. The van der Waals surface area contributed by atoms with Gasteiger partial charge in [-0.2, -0.15) is 5.10 Å². The summed E-state index contributed by atoms with van der Waals surface area (Å²) in [6, 6.07) is 4.93. The summed E-state index contributed by atoms with van der Waals surface area (Å²) >= 11 is 0. The molecule has 3 aliphatic heterocycles. The Kier molecular flexibility index (Phi) is 6.72. The van der Waals surface area contributed by atoms with Crippen molar-refractivity contribution in [3.8, 4) is 0 Å². The fourth-order valence-electron chi connectivity index (χ4n) is 4.99. The van der Waals surface area contributed by atoms with E-state index in [2.05, 4.69) is 25.6 Å². The van der Waals surface area contributed by atoms with Gasteiger partial charge in [0.15, 0.2) is 11.9 Å². The molecule has 3 amide bonds. The summed E-state index contributed by atoms with van der Waals surface area (Å²) in [5.74, 6) is -0.518. The predicted molar refractivity (Wildman–Crippen MR) is 136 cm³/mol. The van der Waals surface area contributed by atoms with Crippen molar-refractivity contribution >= 4 is 34.9 Å². The highest BCUT2D eigenvalue weighted by Gasteiger charge is 2.34. The van der Waals surface area contributed by atoms with Crippen LogP contribution in [0.3, 0.4) is 0 Å². The zero-order valence-electron chi connectivity index (χ0n) is 20.9. The Morgan fingerprint density at radius 2 is 1.95 bits per heavy atom. The van der Waals surface area contributed by atoms with Crippen molar-refractivity contribution < 1.29 is 33.7 Å². The molecule has 0 bridgehead atoms. The molecular formula is C25H27N7O7. The first kappa shape index (κ1) is 25.0. The number of carbonyl (C=O) groups is 3. The number of nitrogens with zero attached hydrogens (tertiary/aromatic N) is 5. The van der Waals surface area contributed by atoms with Crippen molar-refractivity contribution in [2.45, 2.75) is 18.9 Å². The quantitative estimate of drug-likeness (QED) is 0.410. The van der Waals surface area contributed by atoms with Gasteiger partial charge in [-0.25, -0.2) is 14.3 Å². The number of anilines is 2. The van der Waals surface area contributed by atoms with Gasteiger partial charge in [-0.05, 0) is 23.8 Å². The first-order valence-electron chi connectivity index (χ1n) is 12.6. The van der Waals surface area contributed by atoms with Crippen LogP contribution in [0.5, 0.6) is 0 Å². The number of hydrogen-bond donors (Lipinski definition) is 3. The van der Waals surface area contributed by atoms with Gasteiger partial charge in [-0.3, -0.25) is 9.59 Å². The lowest BCUT2D eigenvalue weighted by Crippen LogP contribution is -2.49. The van der Waals surface area contributed by atoms with Crippen LogP contribution < -0.4 is 15.5 Å². The summed E-state index contributed by atoms with van der Waals surface area (Å²) in [5.41, 5.74) is 3.42. The largest absolute Gasteiger partial charge is 0.465 e. The average Bonchev–Trinajstić information content (AvgIpc) is 3.50. The summed E-state index contributed by atoms with van der Waals surface area (Å²) in [7, 11) is 0. The number of carboxylic acid groups (broad SMARTS) is 1. The molecule has 3 aromatic rings. The second kappa shape index (κ2) is 10.5. The van der Waals surface area contributed by atoms with Crippen LogP contribution in [0.2, 0.25) is 0 Å². The molecule has 0 spiro atoms. The van der Waals surface area contributed by atoms with E-state index < -0.39 is 18.4 Å². The summed E-state index contributed by atoms with van der Waals surface area (Å²) in [6.07, 6.45) is 2.98. The molecule has 3 N–H and O–H groups in total. The van der Waals surface area contributed by atoms with Crippen molar-refractivity contribution in [1.82, 2.24) is 24.8 Å². The molecule has 1 aromatic carbocycles. The highest BCUT2D eigenvalue weighted by molar-refractivity contribution is 6.10. The number of ether oxygens (including phenoxy) is 3. The average molecular weight is 538 g/mol. The molecule has 6 rings (SSSR count). The monoisotopic (exact) mass is 537 g/mol. The maximum absolute atomic E-state index is 13.4. The van der Waals surface area contributed by atoms with Gasteiger partial charge in [0.1, 0.15) is 5.56 Å². The minimum atomic E-state index is -1.15. The maximum Gasteiger partial charge on any atom is 0.405 e. The maximum atomic E-state index is 13.4. The van der Waals surface area contributed by atoms with Crippen LogP contribution in [-0.4, -0.2) is 101 Å². The number of rotatable bonds is 6. The highest BCUT2D eigenvalue weighted by Crippen LogP contribution is 2.35. The molecule has 14 nitrogen and oxygen atoms in total. The van der Waals surface area contributed by atoms with E-state index in [0.29, 0.717) is 55.3 Å². The van der Waals surface area contributed by atoms with Gasteiger partial charge in [0.05, 0.1) is 56.6 Å². The fraction of sp³-hybridized carbons (Fsp3) is 0.400. The SMILES string of the molecule is O=C(O)N[C@H]1CO[C@@H](CN2Cc3cc(NC(=O)c4cnn5cccnc45)c(N4CCOCC4)cc3C2=O)OC1. The molecule has 2 aromatic heterocycles. The van der Waals surface area contributed by atoms with Crippen LogP contribution in [-0.2, 0) is 20.8 Å². The predicted octanol–water partition coefficient (Wildman–Crippen LogP) is 0.783. The van der Waals surface area contributed by atoms with Crippen LogP contribution >= 0.6 is 0 Å². The molecule has 0 unspecified atom stereocenters. The van der Waals surface area contributed by atoms with Gasteiger partial charge < -0.3 is 39.8 Å². The number of benzene rings is 1. The van der Waals surface area contributed by atoms with Crippen LogP contribution in [0.4, 0.5) is 16.2 Å². The highest BCUT2D eigenvalue weighted by atomic mass is 16.7. The second-order valence-electron chi connectivity index (χ2n) is 9.45. The van der Waals surface area contributed by atoms with Crippen LogP contribution in [0.25, 0.3) is 5.65 Å². The van der Waals surface area contributed by atoms with E-state index in [1.165, 1.54) is 10.7 Å². The summed E-state index contributed by atoms with van der Waals surface area (Å²) in [6.45, 7) is 3.13. The molecule has 204 valence electrons. The molecule has 3 aliphatic rings. The minimum Gasteiger partial charge on any atom is -0.465 e. The third-order valence-corrected chi connectivity index (χ3v) is 6.89. The lowest BCUT2D eigenvalue weighted by molar-refractivity contribution is -0.193. The molecule has 0 radical (unpaired) electrons. The van der Waals surface area contributed by atoms with E-state index in [9.17, 15) is 14.4 Å². The number of amides is 3. The molecule has 2 fully saturated rings. The topological polar surface area (TPSA) is 160 Å². The van der Waals surface area contributed by atoms with Crippen LogP contribution in [0.15, 0.2) is 36.8 Å². The van der Waals surface area contributed by atoms with Crippen LogP contribution in [0, 0.1) is 0 Å².